The first kappa shape index (κ1) is 18.9. The second-order valence-corrected chi connectivity index (χ2v) is 11.3. The molecule has 0 aliphatic rings. The average Bonchev–Trinajstić information content (AvgIpc) is 2.29. The van der Waals surface area contributed by atoms with Crippen LogP contribution in [0.4, 0.5) is 0 Å². The van der Waals surface area contributed by atoms with Crippen molar-refractivity contribution in [1.82, 2.24) is 0 Å². The minimum Gasteiger partial charge on any atom is -0.322 e. The van der Waals surface area contributed by atoms with Crippen LogP contribution in [0, 0.1) is 5.92 Å². The van der Waals surface area contributed by atoms with E-state index in [9.17, 15) is 0 Å². The molecule has 0 unspecified atom stereocenters. The van der Waals surface area contributed by atoms with Crippen LogP contribution in [-0.4, -0.2) is 19.0 Å². The van der Waals surface area contributed by atoms with E-state index in [1.54, 1.807) is 11.4 Å². The zero-order chi connectivity index (χ0) is 13.9. The molecule has 0 rings (SSSR count). The normalized spacial score (nSPS) is 12.3. The van der Waals surface area contributed by atoms with Crippen molar-refractivity contribution in [2.24, 2.45) is 5.92 Å². The third kappa shape index (κ3) is 10.8. The van der Waals surface area contributed by atoms with Crippen molar-refractivity contribution in [1.29, 1.82) is 0 Å². The van der Waals surface area contributed by atoms with E-state index in [1.165, 1.54) is 6.42 Å². The highest BCUT2D eigenvalue weighted by Gasteiger charge is 2.19. The Morgan fingerprint density at radius 3 is 1.94 bits per heavy atom. The molecule has 0 spiro atoms. The summed E-state index contributed by atoms with van der Waals surface area (Å²) in [5.41, 5.74) is -2.08. The molecule has 0 bridgehead atoms. The predicted octanol–water partition coefficient (Wildman–Crippen LogP) is 5.62. The van der Waals surface area contributed by atoms with E-state index in [4.69, 9.17) is 20.9 Å². The molecule has 0 aliphatic heterocycles. The number of rotatable bonds is 12. The third-order valence-electron chi connectivity index (χ3n) is 2.44. The van der Waals surface area contributed by atoms with Crippen LogP contribution in [0.3, 0.4) is 0 Å². The fraction of sp³-hybridized carbons (Fsp3) is 1.00. The van der Waals surface area contributed by atoms with Crippen LogP contribution in [0.25, 0.3) is 0 Å². The maximum Gasteiger partial charge on any atom is 0.247 e. The Balaban J connectivity index is 4.07. The fourth-order valence-electron chi connectivity index (χ4n) is 1.15. The van der Waals surface area contributed by atoms with Gasteiger partial charge in [0.25, 0.3) is 0 Å². The van der Waals surface area contributed by atoms with E-state index in [0.717, 1.165) is 44.6 Å². The molecule has 0 aromatic heterocycles. The van der Waals surface area contributed by atoms with Crippen LogP contribution in [0.15, 0.2) is 0 Å². The van der Waals surface area contributed by atoms with Crippen LogP contribution >= 0.6 is 17.1 Å². The first-order chi connectivity index (χ1) is 8.54. The summed E-state index contributed by atoms with van der Waals surface area (Å²) in [5.74, 6) is 1.76. The van der Waals surface area contributed by atoms with E-state index in [2.05, 4.69) is 27.7 Å². The molecule has 0 aromatic carbocycles. The second kappa shape index (κ2) is 11.7. The SMILES string of the molecule is CCCCOP(=S)(OCCCC)SCCC(C)C. The van der Waals surface area contributed by atoms with Crippen molar-refractivity contribution in [2.75, 3.05) is 19.0 Å². The summed E-state index contributed by atoms with van der Waals surface area (Å²) in [6.07, 6.45) is 5.60. The second-order valence-electron chi connectivity index (χ2n) is 4.84. The number of unbranched alkanes of at least 4 members (excludes halogenated alkanes) is 2. The van der Waals surface area contributed by atoms with Gasteiger partial charge < -0.3 is 9.05 Å². The van der Waals surface area contributed by atoms with E-state index in [-0.39, 0.29) is 0 Å². The molecule has 0 amide bonds. The highest BCUT2D eigenvalue weighted by atomic mass is 32.9. The molecule has 110 valence electrons. The minimum absolute atomic E-state index is 0.715. The molecule has 5 heteroatoms. The Morgan fingerprint density at radius 1 is 1.06 bits per heavy atom. The third-order valence-corrected chi connectivity index (χ3v) is 7.88. The summed E-state index contributed by atoms with van der Waals surface area (Å²) in [5, 5.41) is 0. The molecule has 0 atom stereocenters. The van der Waals surface area contributed by atoms with Crippen molar-refractivity contribution in [3.8, 4) is 0 Å². The Bertz CT molecular complexity index is 221. The highest BCUT2D eigenvalue weighted by Crippen LogP contribution is 2.61. The summed E-state index contributed by atoms with van der Waals surface area (Å²) in [6.45, 7) is 10.3. The predicted molar refractivity (Wildman–Crippen MR) is 87.9 cm³/mol. The summed E-state index contributed by atoms with van der Waals surface area (Å²) < 4.78 is 11.7. The average molecular weight is 312 g/mol. The van der Waals surface area contributed by atoms with Gasteiger partial charge in [-0.1, -0.05) is 51.9 Å². The van der Waals surface area contributed by atoms with Crippen LogP contribution < -0.4 is 0 Å². The molecule has 2 nitrogen and oxygen atoms in total. The molecule has 0 radical (unpaired) electrons. The first-order valence-corrected chi connectivity index (χ1v) is 11.3. The smallest absolute Gasteiger partial charge is 0.247 e. The van der Waals surface area contributed by atoms with E-state index < -0.39 is 5.69 Å². The molecule has 0 N–H and O–H groups in total. The Kier molecular flexibility index (Phi) is 12.3. The molecule has 18 heavy (non-hydrogen) atoms. The minimum atomic E-state index is -2.08. The van der Waals surface area contributed by atoms with Crippen LogP contribution in [0.5, 0.6) is 0 Å². The van der Waals surface area contributed by atoms with Crippen molar-refractivity contribution in [2.45, 2.75) is 59.8 Å². The van der Waals surface area contributed by atoms with Gasteiger partial charge in [-0.15, -0.1) is 0 Å². The lowest BCUT2D eigenvalue weighted by Gasteiger charge is -2.21. The quantitative estimate of drug-likeness (QED) is 0.343. The van der Waals surface area contributed by atoms with E-state index in [1.807, 2.05) is 0 Å². The highest BCUT2D eigenvalue weighted by molar-refractivity contribution is 8.67. The maximum absolute atomic E-state index is 5.87. The van der Waals surface area contributed by atoms with Crippen LogP contribution in [0.1, 0.15) is 59.8 Å². The summed E-state index contributed by atoms with van der Waals surface area (Å²) in [7, 11) is 0. The van der Waals surface area contributed by atoms with Crippen LogP contribution in [0.2, 0.25) is 0 Å². The van der Waals surface area contributed by atoms with Crippen molar-refractivity contribution >= 4 is 28.9 Å². The van der Waals surface area contributed by atoms with Gasteiger partial charge in [0.1, 0.15) is 0 Å². The summed E-state index contributed by atoms with van der Waals surface area (Å²) in [6, 6.07) is 0. The molecule has 0 fully saturated rings. The monoisotopic (exact) mass is 312 g/mol. The zero-order valence-electron chi connectivity index (χ0n) is 12.3. The van der Waals surface area contributed by atoms with E-state index in [0.29, 0.717) is 5.92 Å². The maximum atomic E-state index is 5.87. The lowest BCUT2D eigenvalue weighted by atomic mass is 10.2. The van der Waals surface area contributed by atoms with Gasteiger partial charge in [0.15, 0.2) is 0 Å². The van der Waals surface area contributed by atoms with Gasteiger partial charge in [0, 0.05) is 5.75 Å². The standard InChI is InChI=1S/C13H29O2PS2/c1-5-7-10-14-16(17,15-11-8-6-2)18-12-9-13(3)4/h13H,5-12H2,1-4H3. The van der Waals surface area contributed by atoms with Crippen molar-refractivity contribution in [3.63, 3.8) is 0 Å². The van der Waals surface area contributed by atoms with E-state index >= 15 is 0 Å². The lowest BCUT2D eigenvalue weighted by molar-refractivity contribution is 0.253. The number of hydrogen-bond acceptors (Lipinski definition) is 4. The first-order valence-electron chi connectivity index (χ1n) is 7.07. The van der Waals surface area contributed by atoms with Crippen molar-refractivity contribution in [3.05, 3.63) is 0 Å². The van der Waals surface area contributed by atoms with Gasteiger partial charge in [0.05, 0.1) is 13.2 Å². The van der Waals surface area contributed by atoms with Crippen LogP contribution in [-0.2, 0) is 20.9 Å². The fourth-order valence-corrected chi connectivity index (χ4v) is 5.88. The van der Waals surface area contributed by atoms with Gasteiger partial charge in [-0.25, -0.2) is 0 Å². The van der Waals surface area contributed by atoms with Gasteiger partial charge in [-0.05, 0) is 37.0 Å². The molecule has 0 heterocycles. The Morgan fingerprint density at radius 2 is 1.56 bits per heavy atom. The molecule has 0 saturated heterocycles. The lowest BCUT2D eigenvalue weighted by Crippen LogP contribution is -1.98. The Labute approximate surface area is 123 Å². The van der Waals surface area contributed by atoms with Gasteiger partial charge in [-0.3, -0.25) is 0 Å². The molecule has 0 aliphatic carbocycles. The molecule has 0 saturated carbocycles. The van der Waals surface area contributed by atoms with Gasteiger partial charge >= 0.3 is 0 Å². The molecule has 0 aromatic rings. The molecular formula is C13H29O2PS2. The largest absolute Gasteiger partial charge is 0.322 e. The topological polar surface area (TPSA) is 18.5 Å². The molecular weight excluding hydrogens is 283 g/mol. The van der Waals surface area contributed by atoms with Crippen molar-refractivity contribution < 1.29 is 9.05 Å². The number of hydrogen-bond donors (Lipinski definition) is 0. The summed E-state index contributed by atoms with van der Waals surface area (Å²) >= 11 is 7.34. The Hall–Kier alpha value is 0.920. The van der Waals surface area contributed by atoms with Gasteiger partial charge in [0.2, 0.25) is 5.69 Å². The zero-order valence-corrected chi connectivity index (χ0v) is 14.8. The van der Waals surface area contributed by atoms with Gasteiger partial charge in [-0.2, -0.15) is 0 Å². The summed E-state index contributed by atoms with van der Waals surface area (Å²) in [4.78, 5) is 0.